The lowest BCUT2D eigenvalue weighted by Crippen LogP contribution is -2.47. The molecule has 20 heavy (non-hydrogen) atoms. The molecule has 1 heterocycles. The molecule has 2 amide bonds. The number of carbonyl (C=O) groups is 2. The molecule has 3 N–H and O–H groups in total. The van der Waals surface area contributed by atoms with Crippen molar-refractivity contribution >= 4 is 12.0 Å². The average molecular weight is 284 g/mol. The smallest absolute Gasteiger partial charge is 0.314 e. The Morgan fingerprint density at radius 2 is 2.10 bits per heavy atom. The normalized spacial score (nSPS) is 27.6. The van der Waals surface area contributed by atoms with Crippen LogP contribution in [-0.2, 0) is 9.53 Å². The van der Waals surface area contributed by atoms with E-state index in [-0.39, 0.29) is 24.0 Å². The maximum absolute atomic E-state index is 11.8. The summed E-state index contributed by atoms with van der Waals surface area (Å²) in [6.07, 6.45) is 4.12. The molecule has 114 valence electrons. The third-order valence-corrected chi connectivity index (χ3v) is 4.62. The van der Waals surface area contributed by atoms with Crippen LogP contribution in [0.25, 0.3) is 0 Å². The lowest BCUT2D eigenvalue weighted by atomic mass is 9.66. The van der Waals surface area contributed by atoms with Crippen LogP contribution in [0.2, 0.25) is 0 Å². The molecule has 1 aliphatic carbocycles. The van der Waals surface area contributed by atoms with Crippen LogP contribution in [0.15, 0.2) is 0 Å². The van der Waals surface area contributed by atoms with Gasteiger partial charge in [0.1, 0.15) is 0 Å². The van der Waals surface area contributed by atoms with Gasteiger partial charge in [0, 0.05) is 25.6 Å². The first-order chi connectivity index (χ1) is 9.51. The number of ether oxygens (including phenoxy) is 1. The average Bonchev–Trinajstić information content (AvgIpc) is 2.75. The standard InChI is InChI=1S/C14H24N2O4/c1-10-11(3-6-20-10)8-15-13(19)16-9-14(4-2-5-14)7-12(17)18/h10-11H,2-9H2,1H3,(H,17,18)(H2,15,16,19). The van der Waals surface area contributed by atoms with Crippen LogP contribution < -0.4 is 10.6 Å². The molecule has 0 aromatic carbocycles. The molecule has 2 fully saturated rings. The van der Waals surface area contributed by atoms with Gasteiger partial charge in [0.25, 0.3) is 0 Å². The van der Waals surface area contributed by atoms with Gasteiger partial charge >= 0.3 is 12.0 Å². The molecule has 0 aromatic heterocycles. The molecule has 1 aliphatic heterocycles. The van der Waals surface area contributed by atoms with Crippen molar-refractivity contribution in [1.82, 2.24) is 10.6 Å². The summed E-state index contributed by atoms with van der Waals surface area (Å²) in [6.45, 7) is 3.84. The Labute approximate surface area is 119 Å². The van der Waals surface area contributed by atoms with Crippen molar-refractivity contribution in [2.24, 2.45) is 11.3 Å². The van der Waals surface area contributed by atoms with Gasteiger partial charge in [-0.05, 0) is 31.6 Å². The summed E-state index contributed by atoms with van der Waals surface area (Å²) in [5, 5.41) is 14.6. The number of urea groups is 1. The van der Waals surface area contributed by atoms with Gasteiger partial charge < -0.3 is 20.5 Å². The monoisotopic (exact) mass is 284 g/mol. The van der Waals surface area contributed by atoms with Gasteiger partial charge in [-0.2, -0.15) is 0 Å². The molecule has 0 radical (unpaired) electrons. The molecule has 6 heteroatoms. The molecular formula is C14H24N2O4. The van der Waals surface area contributed by atoms with Crippen molar-refractivity contribution in [3.8, 4) is 0 Å². The third kappa shape index (κ3) is 3.85. The topological polar surface area (TPSA) is 87.7 Å². The Kier molecular flexibility index (Phi) is 4.86. The highest BCUT2D eigenvalue weighted by Gasteiger charge is 2.39. The second kappa shape index (κ2) is 6.43. The zero-order chi connectivity index (χ0) is 14.6. The summed E-state index contributed by atoms with van der Waals surface area (Å²) in [5.41, 5.74) is -0.229. The highest BCUT2D eigenvalue weighted by molar-refractivity contribution is 5.74. The van der Waals surface area contributed by atoms with Gasteiger partial charge in [-0.3, -0.25) is 4.79 Å². The van der Waals surface area contributed by atoms with Crippen molar-refractivity contribution in [2.45, 2.75) is 45.1 Å². The van der Waals surface area contributed by atoms with Gasteiger partial charge in [0.15, 0.2) is 0 Å². The summed E-state index contributed by atoms with van der Waals surface area (Å²) >= 11 is 0. The van der Waals surface area contributed by atoms with E-state index >= 15 is 0 Å². The minimum Gasteiger partial charge on any atom is -0.481 e. The third-order valence-electron chi connectivity index (χ3n) is 4.62. The lowest BCUT2D eigenvalue weighted by molar-refractivity contribution is -0.141. The van der Waals surface area contributed by atoms with Crippen molar-refractivity contribution < 1.29 is 19.4 Å². The minimum atomic E-state index is -0.788. The van der Waals surface area contributed by atoms with Crippen molar-refractivity contribution in [3.05, 3.63) is 0 Å². The van der Waals surface area contributed by atoms with Crippen molar-refractivity contribution in [2.75, 3.05) is 19.7 Å². The second-order valence-corrected chi connectivity index (χ2v) is 6.11. The number of carboxylic acids is 1. The van der Waals surface area contributed by atoms with E-state index in [0.717, 1.165) is 32.3 Å². The van der Waals surface area contributed by atoms with Crippen LogP contribution in [0, 0.1) is 11.3 Å². The van der Waals surface area contributed by atoms with Crippen LogP contribution in [0.4, 0.5) is 4.79 Å². The number of carbonyl (C=O) groups excluding carboxylic acids is 1. The van der Waals surface area contributed by atoms with Crippen molar-refractivity contribution in [3.63, 3.8) is 0 Å². The Morgan fingerprint density at radius 3 is 2.60 bits per heavy atom. The highest BCUT2D eigenvalue weighted by atomic mass is 16.5. The zero-order valence-corrected chi connectivity index (χ0v) is 12.0. The number of hydrogen-bond acceptors (Lipinski definition) is 3. The molecule has 0 aromatic rings. The van der Waals surface area contributed by atoms with Crippen LogP contribution >= 0.6 is 0 Å². The first kappa shape index (κ1) is 15.1. The Hall–Kier alpha value is -1.30. The number of rotatable bonds is 6. The molecule has 2 atom stereocenters. The van der Waals surface area contributed by atoms with E-state index in [1.807, 2.05) is 6.92 Å². The summed E-state index contributed by atoms with van der Waals surface area (Å²) in [6, 6.07) is -0.208. The van der Waals surface area contributed by atoms with Gasteiger partial charge in [-0.1, -0.05) is 6.42 Å². The maximum atomic E-state index is 11.8. The molecule has 6 nitrogen and oxygen atoms in total. The Bertz CT molecular complexity index is 368. The predicted octanol–water partition coefficient (Wildman–Crippen LogP) is 1.36. The molecule has 2 unspecified atom stereocenters. The summed E-state index contributed by atoms with van der Waals surface area (Å²) < 4.78 is 5.45. The number of amides is 2. The van der Waals surface area contributed by atoms with E-state index in [1.165, 1.54) is 0 Å². The molecule has 2 rings (SSSR count). The highest BCUT2D eigenvalue weighted by Crippen LogP contribution is 2.43. The molecule has 0 bridgehead atoms. The quantitative estimate of drug-likeness (QED) is 0.687. The van der Waals surface area contributed by atoms with Gasteiger partial charge in [0.05, 0.1) is 12.5 Å². The molecule has 1 saturated heterocycles. The minimum absolute atomic E-state index is 0.140. The first-order valence-electron chi connectivity index (χ1n) is 7.36. The fourth-order valence-corrected chi connectivity index (χ4v) is 3.01. The van der Waals surface area contributed by atoms with Crippen LogP contribution in [0.1, 0.15) is 39.0 Å². The van der Waals surface area contributed by atoms with E-state index in [1.54, 1.807) is 0 Å². The second-order valence-electron chi connectivity index (χ2n) is 6.11. The SMILES string of the molecule is CC1OCCC1CNC(=O)NCC1(CC(=O)O)CCC1. The van der Waals surface area contributed by atoms with E-state index < -0.39 is 5.97 Å². The molecular weight excluding hydrogens is 260 g/mol. The summed E-state index contributed by atoms with van der Waals surface area (Å²) in [5.74, 6) is -0.415. The van der Waals surface area contributed by atoms with E-state index in [4.69, 9.17) is 9.84 Å². The fraction of sp³-hybridized carbons (Fsp3) is 0.857. The summed E-state index contributed by atoms with van der Waals surface area (Å²) in [4.78, 5) is 22.6. The lowest BCUT2D eigenvalue weighted by Gasteiger charge is -2.40. The Balaban J connectivity index is 1.68. The van der Waals surface area contributed by atoms with Crippen molar-refractivity contribution in [1.29, 1.82) is 0 Å². The van der Waals surface area contributed by atoms with Gasteiger partial charge in [-0.15, -0.1) is 0 Å². The number of nitrogens with one attached hydrogen (secondary N) is 2. The summed E-state index contributed by atoms with van der Waals surface area (Å²) in [7, 11) is 0. The molecule has 2 aliphatic rings. The zero-order valence-electron chi connectivity index (χ0n) is 12.0. The van der Waals surface area contributed by atoms with E-state index in [0.29, 0.717) is 19.0 Å². The first-order valence-corrected chi connectivity index (χ1v) is 7.36. The molecule has 0 spiro atoms. The number of hydrogen-bond donors (Lipinski definition) is 3. The van der Waals surface area contributed by atoms with Gasteiger partial charge in [-0.25, -0.2) is 4.79 Å². The van der Waals surface area contributed by atoms with Crippen LogP contribution in [0.5, 0.6) is 0 Å². The van der Waals surface area contributed by atoms with E-state index in [9.17, 15) is 9.59 Å². The molecule has 1 saturated carbocycles. The Morgan fingerprint density at radius 1 is 1.35 bits per heavy atom. The maximum Gasteiger partial charge on any atom is 0.314 e. The number of aliphatic carboxylic acids is 1. The fourth-order valence-electron chi connectivity index (χ4n) is 3.01. The van der Waals surface area contributed by atoms with E-state index in [2.05, 4.69) is 10.6 Å². The predicted molar refractivity (Wildman–Crippen MR) is 73.5 cm³/mol. The van der Waals surface area contributed by atoms with Crippen LogP contribution in [0.3, 0.4) is 0 Å². The van der Waals surface area contributed by atoms with Gasteiger partial charge in [0.2, 0.25) is 0 Å². The number of carboxylic acid groups (broad SMARTS) is 1. The largest absolute Gasteiger partial charge is 0.481 e. The van der Waals surface area contributed by atoms with Crippen LogP contribution in [-0.4, -0.2) is 42.9 Å².